The van der Waals surface area contributed by atoms with Gasteiger partial charge in [0, 0.05) is 24.1 Å². The molecule has 0 aromatic heterocycles. The highest BCUT2D eigenvalue weighted by Crippen LogP contribution is 2.48. The van der Waals surface area contributed by atoms with Gasteiger partial charge >= 0.3 is 5.97 Å². The zero-order chi connectivity index (χ0) is 27.6. The molecule has 2 N–H and O–H groups in total. The Balaban J connectivity index is 1.58. The van der Waals surface area contributed by atoms with Crippen LogP contribution in [0.5, 0.6) is 5.75 Å². The number of anilines is 2. The summed E-state index contributed by atoms with van der Waals surface area (Å²) in [6, 6.07) is 24.1. The van der Waals surface area contributed by atoms with Gasteiger partial charge in [-0.2, -0.15) is 0 Å². The van der Waals surface area contributed by atoms with Crippen LogP contribution in [-0.4, -0.2) is 22.8 Å². The first kappa shape index (κ1) is 26.2. The Morgan fingerprint density at radius 2 is 1.64 bits per heavy atom. The maximum atomic E-state index is 13.7. The smallest absolute Gasteiger partial charge is 0.303 e. The molecule has 200 valence electrons. The van der Waals surface area contributed by atoms with E-state index in [2.05, 4.69) is 19.2 Å². The lowest BCUT2D eigenvalue weighted by Crippen LogP contribution is -2.39. The summed E-state index contributed by atoms with van der Waals surface area (Å²) in [6.45, 7) is 4.55. The highest BCUT2D eigenvalue weighted by Gasteiger charge is 2.43. The molecule has 1 aliphatic heterocycles. The molecule has 0 bridgehead atoms. The maximum absolute atomic E-state index is 13.7. The van der Waals surface area contributed by atoms with Crippen molar-refractivity contribution >= 4 is 29.0 Å². The number of nitrogens with one attached hydrogen (secondary N) is 1. The Morgan fingerprint density at radius 3 is 2.36 bits per heavy atom. The van der Waals surface area contributed by atoms with E-state index in [4.69, 9.17) is 4.74 Å². The number of carboxylic acid groups (broad SMARTS) is 1. The second-order valence-corrected chi connectivity index (χ2v) is 10.9. The summed E-state index contributed by atoms with van der Waals surface area (Å²) >= 11 is 0. The first-order valence-corrected chi connectivity index (χ1v) is 13.1. The number of benzene rings is 3. The standard InChI is InChI=1S/C32H32N2O5/c1-32(2)18-25-30(27(35)19-32)31(22-12-14-23(15-13-22)39-20-21-8-4-3-5-9-21)34(28(36)16-17-29(37)38)26-11-7-6-10-24(26)33-25/h3-15,31,33H,16-20H2,1-2H3,(H,37,38)/t31-/m0/s1. The maximum Gasteiger partial charge on any atom is 0.303 e. The average molecular weight is 525 g/mol. The van der Waals surface area contributed by atoms with Crippen LogP contribution in [0.4, 0.5) is 11.4 Å². The Morgan fingerprint density at radius 1 is 0.949 bits per heavy atom. The fraction of sp³-hybridized carbons (Fsp3) is 0.281. The number of ether oxygens (including phenoxy) is 1. The molecule has 2 aliphatic rings. The minimum atomic E-state index is -1.04. The second-order valence-electron chi connectivity index (χ2n) is 10.9. The number of fused-ring (bicyclic) bond motifs is 1. The first-order chi connectivity index (χ1) is 18.7. The summed E-state index contributed by atoms with van der Waals surface area (Å²) in [5.74, 6) is -0.750. The lowest BCUT2D eigenvalue weighted by Gasteiger charge is -2.37. The fourth-order valence-electron chi connectivity index (χ4n) is 5.40. The van der Waals surface area contributed by atoms with E-state index in [0.29, 0.717) is 42.1 Å². The van der Waals surface area contributed by atoms with Crippen molar-refractivity contribution < 1.29 is 24.2 Å². The molecule has 0 saturated carbocycles. The number of nitrogens with zero attached hydrogens (tertiary/aromatic N) is 1. The molecule has 39 heavy (non-hydrogen) atoms. The van der Waals surface area contributed by atoms with Crippen molar-refractivity contribution in [3.63, 3.8) is 0 Å². The summed E-state index contributed by atoms with van der Waals surface area (Å²) in [5, 5.41) is 12.8. The number of ketones is 1. The van der Waals surface area contributed by atoms with Gasteiger partial charge in [-0.15, -0.1) is 0 Å². The van der Waals surface area contributed by atoms with Crippen LogP contribution in [0, 0.1) is 5.41 Å². The zero-order valence-electron chi connectivity index (χ0n) is 22.1. The number of carbonyl (C=O) groups is 3. The van der Waals surface area contributed by atoms with E-state index < -0.39 is 12.0 Å². The number of hydrogen-bond acceptors (Lipinski definition) is 5. The largest absolute Gasteiger partial charge is 0.489 e. The van der Waals surface area contributed by atoms with Crippen molar-refractivity contribution in [1.82, 2.24) is 0 Å². The number of amides is 1. The van der Waals surface area contributed by atoms with Crippen molar-refractivity contribution in [2.24, 2.45) is 5.41 Å². The SMILES string of the molecule is CC1(C)CC(=O)C2=C(C1)Nc1ccccc1N(C(=O)CCC(=O)O)[C@H]2c1ccc(OCc2ccccc2)cc1. The van der Waals surface area contributed by atoms with E-state index in [1.54, 1.807) is 4.90 Å². The van der Waals surface area contributed by atoms with Gasteiger partial charge in [0.2, 0.25) is 5.91 Å². The van der Waals surface area contributed by atoms with Gasteiger partial charge in [0.1, 0.15) is 12.4 Å². The van der Waals surface area contributed by atoms with E-state index >= 15 is 0 Å². The number of allylic oxidation sites excluding steroid dienone is 1. The van der Waals surface area contributed by atoms with Crippen LogP contribution in [0.1, 0.15) is 56.7 Å². The molecule has 1 amide bonds. The molecule has 7 heteroatoms. The van der Waals surface area contributed by atoms with E-state index in [1.165, 1.54) is 0 Å². The summed E-state index contributed by atoms with van der Waals surface area (Å²) in [4.78, 5) is 40.4. The molecule has 1 heterocycles. The van der Waals surface area contributed by atoms with Crippen molar-refractivity contribution in [1.29, 1.82) is 0 Å². The summed E-state index contributed by atoms with van der Waals surface area (Å²) in [7, 11) is 0. The first-order valence-electron chi connectivity index (χ1n) is 13.1. The molecule has 0 spiro atoms. The molecule has 7 nitrogen and oxygen atoms in total. The van der Waals surface area contributed by atoms with Gasteiger partial charge in [-0.3, -0.25) is 19.3 Å². The van der Waals surface area contributed by atoms with Crippen molar-refractivity contribution in [2.75, 3.05) is 10.2 Å². The molecule has 0 fully saturated rings. The summed E-state index contributed by atoms with van der Waals surface area (Å²) in [5.41, 5.74) is 4.24. The van der Waals surface area contributed by atoms with Gasteiger partial charge in [-0.05, 0) is 47.2 Å². The number of carbonyl (C=O) groups excluding carboxylic acids is 2. The molecule has 0 saturated heterocycles. The number of para-hydroxylation sites is 2. The number of aliphatic carboxylic acids is 1. The van der Waals surface area contributed by atoms with Crippen LogP contribution in [0.25, 0.3) is 0 Å². The molecule has 0 unspecified atom stereocenters. The molecule has 3 aromatic rings. The highest BCUT2D eigenvalue weighted by molar-refractivity contribution is 6.06. The highest BCUT2D eigenvalue weighted by atomic mass is 16.5. The van der Waals surface area contributed by atoms with Gasteiger partial charge in [0.15, 0.2) is 5.78 Å². The van der Waals surface area contributed by atoms with Gasteiger partial charge < -0.3 is 15.2 Å². The second kappa shape index (κ2) is 10.8. The monoisotopic (exact) mass is 524 g/mol. The normalized spacial score (nSPS) is 17.9. The minimum Gasteiger partial charge on any atom is -0.489 e. The Bertz CT molecular complexity index is 1430. The van der Waals surface area contributed by atoms with Gasteiger partial charge in [-0.1, -0.05) is 68.4 Å². The number of Topliss-reactive ketones (excluding diaryl/α,β-unsaturated/α-hetero) is 1. The van der Waals surface area contributed by atoms with E-state index in [0.717, 1.165) is 16.8 Å². The topological polar surface area (TPSA) is 95.9 Å². The molecule has 0 radical (unpaired) electrons. The van der Waals surface area contributed by atoms with Gasteiger partial charge in [0.05, 0.1) is 23.8 Å². The van der Waals surface area contributed by atoms with Gasteiger partial charge in [-0.25, -0.2) is 0 Å². The van der Waals surface area contributed by atoms with Gasteiger partial charge in [0.25, 0.3) is 0 Å². The number of rotatable bonds is 7. The Hall–Kier alpha value is -4.39. The third kappa shape index (κ3) is 5.72. The summed E-state index contributed by atoms with van der Waals surface area (Å²) in [6.07, 6.45) is 0.529. The molecular weight excluding hydrogens is 492 g/mol. The predicted molar refractivity (Wildman–Crippen MR) is 149 cm³/mol. The van der Waals surface area contributed by atoms with Crippen LogP contribution < -0.4 is 15.0 Å². The lowest BCUT2D eigenvalue weighted by atomic mass is 9.73. The predicted octanol–water partition coefficient (Wildman–Crippen LogP) is 6.27. The lowest BCUT2D eigenvalue weighted by molar-refractivity contribution is -0.138. The Kier molecular flexibility index (Phi) is 7.24. The zero-order valence-corrected chi connectivity index (χ0v) is 22.1. The Labute approximate surface area is 228 Å². The number of hydrogen-bond donors (Lipinski definition) is 2. The van der Waals surface area contributed by atoms with Crippen LogP contribution in [0.15, 0.2) is 90.1 Å². The molecule has 3 aromatic carbocycles. The van der Waals surface area contributed by atoms with E-state index in [-0.39, 0.29) is 29.9 Å². The molecular formula is C32H32N2O5. The van der Waals surface area contributed by atoms with Crippen LogP contribution in [0.2, 0.25) is 0 Å². The fourth-order valence-corrected chi connectivity index (χ4v) is 5.40. The third-order valence-electron chi connectivity index (χ3n) is 7.17. The molecule has 1 aliphatic carbocycles. The van der Waals surface area contributed by atoms with E-state index in [1.807, 2.05) is 78.9 Å². The molecule has 1 atom stereocenters. The van der Waals surface area contributed by atoms with Crippen LogP contribution in [0.3, 0.4) is 0 Å². The average Bonchev–Trinajstić information content (AvgIpc) is 3.05. The van der Waals surface area contributed by atoms with Crippen LogP contribution in [-0.2, 0) is 21.0 Å². The minimum absolute atomic E-state index is 0.0213. The van der Waals surface area contributed by atoms with Crippen molar-refractivity contribution in [2.45, 2.75) is 52.2 Å². The quantitative estimate of drug-likeness (QED) is 0.378. The van der Waals surface area contributed by atoms with Crippen molar-refractivity contribution in [3.05, 3.63) is 101 Å². The molecule has 5 rings (SSSR count). The van der Waals surface area contributed by atoms with Crippen LogP contribution >= 0.6 is 0 Å². The number of carboxylic acids is 1. The van der Waals surface area contributed by atoms with E-state index in [9.17, 15) is 19.5 Å². The van der Waals surface area contributed by atoms with Crippen molar-refractivity contribution in [3.8, 4) is 5.75 Å². The summed E-state index contributed by atoms with van der Waals surface area (Å²) < 4.78 is 5.97. The third-order valence-corrected chi connectivity index (χ3v) is 7.17.